The Labute approximate surface area is 281 Å². The van der Waals surface area contributed by atoms with Gasteiger partial charge in [-0.05, 0) is 96.9 Å². The summed E-state index contributed by atoms with van der Waals surface area (Å²) in [5.74, 6) is 5.53. The fraction of sp³-hybridized carbons (Fsp3) is 0.762. The summed E-state index contributed by atoms with van der Waals surface area (Å²) >= 11 is 0. The molecular weight excluding hydrogens is 546 g/mol. The Morgan fingerprint density at radius 1 is 0.956 bits per heavy atom. The van der Waals surface area contributed by atoms with E-state index in [1.54, 1.807) is 0 Å². The van der Waals surface area contributed by atoms with Crippen LogP contribution in [0.2, 0.25) is 0 Å². The van der Waals surface area contributed by atoms with E-state index in [-0.39, 0.29) is 16.9 Å². The fourth-order valence-corrected chi connectivity index (χ4v) is 8.98. The van der Waals surface area contributed by atoms with Gasteiger partial charge in [-0.2, -0.15) is 0 Å². The summed E-state index contributed by atoms with van der Waals surface area (Å²) in [6.07, 6.45) is 14.2. The molecule has 3 rings (SSSR count). The molecule has 4 N–H and O–H groups in total. The van der Waals surface area contributed by atoms with E-state index in [1.165, 1.54) is 75.4 Å². The molecule has 0 aromatic heterocycles. The van der Waals surface area contributed by atoms with Gasteiger partial charge in [0.2, 0.25) is 0 Å². The summed E-state index contributed by atoms with van der Waals surface area (Å²) in [4.78, 5) is 0. The van der Waals surface area contributed by atoms with E-state index in [0.717, 1.165) is 23.7 Å². The van der Waals surface area contributed by atoms with Crippen LogP contribution in [0.3, 0.4) is 0 Å². The van der Waals surface area contributed by atoms with Crippen LogP contribution >= 0.6 is 0 Å². The zero-order chi connectivity index (χ0) is 34.3. The van der Waals surface area contributed by atoms with Gasteiger partial charge in [0.25, 0.3) is 0 Å². The largest absolute Gasteiger partial charge is 0.399 e. The second kappa shape index (κ2) is 16.8. The van der Waals surface area contributed by atoms with Crippen molar-refractivity contribution in [3.05, 3.63) is 61.1 Å². The molecule has 3 aliphatic carbocycles. The standard InChI is InChI=1S/C31H56N2.C11H19N/c1-13-16-26(30(9,10)11)32-24(8)33-29(31(12)17-14-15-18-31)23(7)25-19-22(6)27(20(2)3)28(25)21(4)5;1-8(9(2)10(3)12)7-11-5-4-6-11/h20,22,25-29,32-33H,4,7-8,13-19H2,1-3,5-6,9-12H3;8,11H,2-7,12H2,1H3. The molecule has 45 heavy (non-hydrogen) atoms. The summed E-state index contributed by atoms with van der Waals surface area (Å²) in [6.45, 7) is 44.8. The summed E-state index contributed by atoms with van der Waals surface area (Å²) in [5.41, 5.74) is 10.4. The van der Waals surface area contributed by atoms with E-state index in [1.807, 2.05) is 0 Å². The van der Waals surface area contributed by atoms with Gasteiger partial charge < -0.3 is 16.4 Å². The molecule has 258 valence electrons. The first-order valence-electron chi connectivity index (χ1n) is 18.5. The Hall–Kier alpha value is -1.90. The van der Waals surface area contributed by atoms with Crippen molar-refractivity contribution in [2.45, 2.75) is 152 Å². The summed E-state index contributed by atoms with van der Waals surface area (Å²) < 4.78 is 0. The van der Waals surface area contributed by atoms with E-state index in [9.17, 15) is 0 Å². The molecular formula is C42H75N3. The number of nitrogens with one attached hydrogen (secondary N) is 2. The predicted molar refractivity (Wildman–Crippen MR) is 201 cm³/mol. The molecule has 0 bridgehead atoms. The normalized spacial score (nSPS) is 26.6. The van der Waals surface area contributed by atoms with E-state index < -0.39 is 0 Å². The van der Waals surface area contributed by atoms with Gasteiger partial charge in [-0.15, -0.1) is 0 Å². The van der Waals surface area contributed by atoms with Crippen LogP contribution in [0.1, 0.15) is 140 Å². The Kier molecular flexibility index (Phi) is 14.6. The highest BCUT2D eigenvalue weighted by Crippen LogP contribution is 2.54. The van der Waals surface area contributed by atoms with Crippen molar-refractivity contribution >= 4 is 0 Å². The van der Waals surface area contributed by atoms with Gasteiger partial charge in [0.15, 0.2) is 0 Å². The minimum absolute atomic E-state index is 0.195. The Balaban J connectivity index is 0.000000490. The summed E-state index contributed by atoms with van der Waals surface area (Å²) in [7, 11) is 0. The van der Waals surface area contributed by atoms with E-state index in [2.05, 4.69) is 106 Å². The highest BCUT2D eigenvalue weighted by Gasteiger charge is 2.48. The molecule has 3 aliphatic rings. The third-order valence-electron chi connectivity index (χ3n) is 12.0. The molecule has 0 spiro atoms. The van der Waals surface area contributed by atoms with Gasteiger partial charge in [0.1, 0.15) is 0 Å². The molecule has 0 amide bonds. The first-order chi connectivity index (χ1) is 20.8. The fourth-order valence-electron chi connectivity index (χ4n) is 8.98. The van der Waals surface area contributed by atoms with E-state index in [0.29, 0.717) is 47.2 Å². The van der Waals surface area contributed by atoms with Crippen molar-refractivity contribution in [3.8, 4) is 0 Å². The minimum atomic E-state index is 0.195. The Morgan fingerprint density at radius 3 is 1.96 bits per heavy atom. The van der Waals surface area contributed by atoms with Gasteiger partial charge >= 0.3 is 0 Å². The molecule has 0 radical (unpaired) electrons. The van der Waals surface area contributed by atoms with Crippen molar-refractivity contribution in [1.29, 1.82) is 0 Å². The zero-order valence-corrected chi connectivity index (χ0v) is 31.6. The number of allylic oxidation sites excluding steroid dienone is 2. The van der Waals surface area contributed by atoms with E-state index >= 15 is 0 Å². The number of rotatable bonds is 15. The van der Waals surface area contributed by atoms with Crippen molar-refractivity contribution < 1.29 is 0 Å². The smallest absolute Gasteiger partial charge is 0.0919 e. The average molecular weight is 622 g/mol. The van der Waals surface area contributed by atoms with Crippen LogP contribution in [-0.4, -0.2) is 12.1 Å². The topological polar surface area (TPSA) is 50.1 Å². The lowest BCUT2D eigenvalue weighted by Gasteiger charge is -2.42. The molecule has 7 atom stereocenters. The second-order valence-electron chi connectivity index (χ2n) is 17.3. The maximum atomic E-state index is 5.58. The Morgan fingerprint density at radius 2 is 1.53 bits per heavy atom. The van der Waals surface area contributed by atoms with Crippen LogP contribution in [0, 0.1) is 52.3 Å². The quantitative estimate of drug-likeness (QED) is 0.126. The molecule has 0 aliphatic heterocycles. The summed E-state index contributed by atoms with van der Waals surface area (Å²) in [5, 5.41) is 7.70. The van der Waals surface area contributed by atoms with Crippen LogP contribution in [-0.2, 0) is 0 Å². The molecule has 0 aromatic carbocycles. The number of hydrogen-bond donors (Lipinski definition) is 3. The van der Waals surface area contributed by atoms with Crippen molar-refractivity contribution in [2.24, 2.45) is 58.0 Å². The molecule has 3 nitrogen and oxygen atoms in total. The highest BCUT2D eigenvalue weighted by atomic mass is 15.1. The predicted octanol–water partition coefficient (Wildman–Crippen LogP) is 11.3. The number of hydrogen-bond acceptors (Lipinski definition) is 3. The first-order valence-corrected chi connectivity index (χ1v) is 18.5. The highest BCUT2D eigenvalue weighted by molar-refractivity contribution is 5.26. The second-order valence-corrected chi connectivity index (χ2v) is 17.3. The minimum Gasteiger partial charge on any atom is -0.399 e. The van der Waals surface area contributed by atoms with Crippen LogP contribution in [0.15, 0.2) is 61.1 Å². The van der Waals surface area contributed by atoms with Crippen LogP contribution in [0.5, 0.6) is 0 Å². The van der Waals surface area contributed by atoms with Crippen molar-refractivity contribution in [1.82, 2.24) is 10.6 Å². The van der Waals surface area contributed by atoms with Crippen molar-refractivity contribution in [2.75, 3.05) is 0 Å². The lowest BCUT2D eigenvalue weighted by atomic mass is 9.69. The van der Waals surface area contributed by atoms with Gasteiger partial charge in [-0.3, -0.25) is 0 Å². The average Bonchev–Trinajstić information content (AvgIpc) is 3.51. The lowest BCUT2D eigenvalue weighted by Crippen LogP contribution is -2.50. The van der Waals surface area contributed by atoms with Crippen LogP contribution < -0.4 is 16.4 Å². The van der Waals surface area contributed by atoms with Gasteiger partial charge in [0, 0.05) is 11.7 Å². The molecule has 0 aromatic rings. The Bertz CT molecular complexity index is 1020. The third-order valence-corrected chi connectivity index (χ3v) is 12.0. The van der Waals surface area contributed by atoms with Gasteiger partial charge in [-0.1, -0.05) is 145 Å². The number of nitrogens with two attached hydrogens (primary N) is 1. The van der Waals surface area contributed by atoms with Crippen LogP contribution in [0.25, 0.3) is 0 Å². The lowest BCUT2D eigenvalue weighted by molar-refractivity contribution is 0.217. The summed E-state index contributed by atoms with van der Waals surface area (Å²) in [6, 6.07) is 0.667. The van der Waals surface area contributed by atoms with E-state index in [4.69, 9.17) is 12.3 Å². The SMILES string of the molecule is C=C(N)C(=C)C(C)CC1CCC1.C=C(NC(CCC)C(C)(C)C)NC(C(=C)C1CC(C)C(C(C)C)C1C(=C)C)C1(C)CCCC1. The van der Waals surface area contributed by atoms with Gasteiger partial charge in [-0.25, -0.2) is 0 Å². The van der Waals surface area contributed by atoms with Gasteiger partial charge in [0.05, 0.1) is 11.9 Å². The molecule has 0 saturated heterocycles. The zero-order valence-electron chi connectivity index (χ0n) is 31.6. The maximum Gasteiger partial charge on any atom is 0.0919 e. The maximum absolute atomic E-state index is 5.58. The molecule has 3 saturated carbocycles. The molecule has 3 heteroatoms. The first kappa shape index (κ1) is 39.3. The molecule has 3 fully saturated rings. The monoisotopic (exact) mass is 622 g/mol. The van der Waals surface area contributed by atoms with Crippen molar-refractivity contribution in [3.63, 3.8) is 0 Å². The van der Waals surface area contributed by atoms with Crippen LogP contribution in [0.4, 0.5) is 0 Å². The molecule has 7 unspecified atom stereocenters. The third kappa shape index (κ3) is 10.6. The molecule has 0 heterocycles.